The first-order chi connectivity index (χ1) is 11.8. The van der Waals surface area contributed by atoms with Gasteiger partial charge in [0.1, 0.15) is 5.65 Å². The second kappa shape index (κ2) is 6.70. The summed E-state index contributed by atoms with van der Waals surface area (Å²) in [5, 5.41) is 7.55. The molecular weight excluding hydrogens is 306 g/mol. The predicted molar refractivity (Wildman–Crippen MR) is 87.4 cm³/mol. The molecule has 0 spiro atoms. The van der Waals surface area contributed by atoms with Gasteiger partial charge >= 0.3 is 0 Å². The second-order valence-electron chi connectivity index (χ2n) is 6.17. The van der Waals surface area contributed by atoms with Crippen LogP contribution < -0.4 is 5.32 Å². The SMILES string of the molecule is Cc1noc(C(NCc2cnc3ccccn23)C2CCOCC2)n1. The zero-order valence-corrected chi connectivity index (χ0v) is 13.7. The quantitative estimate of drug-likeness (QED) is 0.775. The standard InChI is InChI=1S/C17H21N5O2/c1-12-20-17(24-21-12)16(13-5-8-23-9-6-13)19-11-14-10-18-15-4-2-3-7-22(14)15/h2-4,7,10,13,16,19H,5-6,8-9,11H2,1H3. The normalized spacial score (nSPS) is 17.4. The minimum absolute atomic E-state index is 0.0318. The Bertz CT molecular complexity index is 806. The first-order valence-corrected chi connectivity index (χ1v) is 8.33. The number of aryl methyl sites for hydroxylation is 1. The molecule has 1 N–H and O–H groups in total. The van der Waals surface area contributed by atoms with Crippen molar-refractivity contribution in [2.45, 2.75) is 32.4 Å². The first-order valence-electron chi connectivity index (χ1n) is 8.33. The maximum absolute atomic E-state index is 5.49. The van der Waals surface area contributed by atoms with Gasteiger partial charge in [-0.2, -0.15) is 4.98 Å². The van der Waals surface area contributed by atoms with Crippen molar-refractivity contribution in [1.82, 2.24) is 24.8 Å². The van der Waals surface area contributed by atoms with Crippen molar-refractivity contribution in [3.05, 3.63) is 48.0 Å². The van der Waals surface area contributed by atoms with E-state index in [1.165, 1.54) is 0 Å². The number of aromatic nitrogens is 4. The maximum atomic E-state index is 5.49. The number of pyridine rings is 1. The maximum Gasteiger partial charge on any atom is 0.244 e. The van der Waals surface area contributed by atoms with E-state index in [2.05, 4.69) is 24.8 Å². The summed E-state index contributed by atoms with van der Waals surface area (Å²) in [4.78, 5) is 8.88. The van der Waals surface area contributed by atoms with E-state index in [1.54, 1.807) is 0 Å². The van der Waals surface area contributed by atoms with Gasteiger partial charge in [0.15, 0.2) is 5.82 Å². The molecule has 3 aromatic rings. The smallest absolute Gasteiger partial charge is 0.244 e. The van der Waals surface area contributed by atoms with Crippen LogP contribution in [0.25, 0.3) is 5.65 Å². The molecule has 1 unspecified atom stereocenters. The van der Waals surface area contributed by atoms with Crippen LogP contribution in [-0.2, 0) is 11.3 Å². The molecule has 0 saturated carbocycles. The largest absolute Gasteiger partial charge is 0.381 e. The van der Waals surface area contributed by atoms with E-state index in [1.807, 2.05) is 37.5 Å². The van der Waals surface area contributed by atoms with E-state index < -0.39 is 0 Å². The predicted octanol–water partition coefficient (Wildman–Crippen LogP) is 2.28. The van der Waals surface area contributed by atoms with E-state index in [9.17, 15) is 0 Å². The molecule has 1 saturated heterocycles. The molecule has 0 aromatic carbocycles. The van der Waals surface area contributed by atoms with Crippen LogP contribution in [0.15, 0.2) is 35.1 Å². The van der Waals surface area contributed by atoms with E-state index in [4.69, 9.17) is 9.26 Å². The van der Waals surface area contributed by atoms with Crippen LogP contribution in [0, 0.1) is 12.8 Å². The van der Waals surface area contributed by atoms with Crippen molar-refractivity contribution >= 4 is 5.65 Å². The fourth-order valence-electron chi connectivity index (χ4n) is 3.27. The molecule has 3 aromatic heterocycles. The number of nitrogens with zero attached hydrogens (tertiary/aromatic N) is 4. The Kier molecular flexibility index (Phi) is 4.27. The molecule has 126 valence electrons. The van der Waals surface area contributed by atoms with Gasteiger partial charge in [0.25, 0.3) is 0 Å². The topological polar surface area (TPSA) is 77.5 Å². The van der Waals surface area contributed by atoms with E-state index >= 15 is 0 Å². The third-order valence-corrected chi connectivity index (χ3v) is 4.54. The molecule has 1 atom stereocenters. The first kappa shape index (κ1) is 15.3. The van der Waals surface area contributed by atoms with Crippen molar-refractivity contribution in [2.75, 3.05) is 13.2 Å². The Morgan fingerprint density at radius 1 is 1.33 bits per heavy atom. The summed E-state index contributed by atoms with van der Waals surface area (Å²) in [5.74, 6) is 1.75. The minimum atomic E-state index is 0.0318. The average molecular weight is 327 g/mol. The molecule has 1 aliphatic rings. The zero-order chi connectivity index (χ0) is 16.4. The Hall–Kier alpha value is -2.25. The van der Waals surface area contributed by atoms with Gasteiger partial charge in [0, 0.05) is 26.0 Å². The molecule has 4 heterocycles. The number of imidazole rings is 1. The van der Waals surface area contributed by atoms with Gasteiger partial charge in [-0.25, -0.2) is 4.98 Å². The third kappa shape index (κ3) is 3.05. The lowest BCUT2D eigenvalue weighted by atomic mass is 9.91. The van der Waals surface area contributed by atoms with Crippen molar-refractivity contribution in [3.63, 3.8) is 0 Å². The molecule has 24 heavy (non-hydrogen) atoms. The highest BCUT2D eigenvalue weighted by atomic mass is 16.5. The fourth-order valence-corrected chi connectivity index (χ4v) is 3.27. The fraction of sp³-hybridized carbons (Fsp3) is 0.471. The van der Waals surface area contributed by atoms with Gasteiger partial charge in [0.2, 0.25) is 5.89 Å². The van der Waals surface area contributed by atoms with Gasteiger partial charge < -0.3 is 13.7 Å². The third-order valence-electron chi connectivity index (χ3n) is 4.54. The number of rotatable bonds is 5. The van der Waals surface area contributed by atoms with Crippen LogP contribution >= 0.6 is 0 Å². The van der Waals surface area contributed by atoms with Gasteiger partial charge in [-0.15, -0.1) is 0 Å². The van der Waals surface area contributed by atoms with E-state index in [0.717, 1.165) is 37.4 Å². The number of hydrogen-bond acceptors (Lipinski definition) is 6. The lowest BCUT2D eigenvalue weighted by Crippen LogP contribution is -2.32. The molecule has 1 aliphatic heterocycles. The van der Waals surface area contributed by atoms with Crippen LogP contribution in [0.4, 0.5) is 0 Å². The number of nitrogens with one attached hydrogen (secondary N) is 1. The molecule has 0 aliphatic carbocycles. The van der Waals surface area contributed by atoms with Gasteiger partial charge in [-0.3, -0.25) is 5.32 Å². The molecular formula is C17H21N5O2. The summed E-state index contributed by atoms with van der Waals surface area (Å²) in [6, 6.07) is 6.03. The lowest BCUT2D eigenvalue weighted by molar-refractivity contribution is 0.0485. The van der Waals surface area contributed by atoms with E-state index in [0.29, 0.717) is 24.2 Å². The average Bonchev–Trinajstić information content (AvgIpc) is 3.23. The van der Waals surface area contributed by atoms with Gasteiger partial charge in [-0.1, -0.05) is 11.2 Å². The van der Waals surface area contributed by atoms with Crippen molar-refractivity contribution in [3.8, 4) is 0 Å². The van der Waals surface area contributed by atoms with Crippen LogP contribution in [0.1, 0.15) is 36.3 Å². The Morgan fingerprint density at radius 2 is 2.21 bits per heavy atom. The summed E-state index contributed by atoms with van der Waals surface area (Å²) in [5.41, 5.74) is 2.06. The van der Waals surface area contributed by atoms with Crippen LogP contribution in [0.5, 0.6) is 0 Å². The van der Waals surface area contributed by atoms with Crippen molar-refractivity contribution in [2.24, 2.45) is 5.92 Å². The van der Waals surface area contributed by atoms with Gasteiger partial charge in [0.05, 0.1) is 17.9 Å². The summed E-state index contributed by atoms with van der Waals surface area (Å²) < 4.78 is 13.0. The number of fused-ring (bicyclic) bond motifs is 1. The molecule has 7 nitrogen and oxygen atoms in total. The Morgan fingerprint density at radius 3 is 3.00 bits per heavy atom. The summed E-state index contributed by atoms with van der Waals surface area (Å²) >= 11 is 0. The molecule has 7 heteroatoms. The van der Waals surface area contributed by atoms with E-state index in [-0.39, 0.29) is 6.04 Å². The van der Waals surface area contributed by atoms with Crippen molar-refractivity contribution in [1.29, 1.82) is 0 Å². The highest BCUT2D eigenvalue weighted by Gasteiger charge is 2.29. The monoisotopic (exact) mass is 327 g/mol. The molecule has 0 amide bonds. The van der Waals surface area contributed by atoms with Crippen LogP contribution in [0.3, 0.4) is 0 Å². The highest BCUT2D eigenvalue weighted by Crippen LogP contribution is 2.29. The minimum Gasteiger partial charge on any atom is -0.381 e. The van der Waals surface area contributed by atoms with Crippen molar-refractivity contribution < 1.29 is 9.26 Å². The Labute approximate surface area is 140 Å². The molecule has 0 bridgehead atoms. The summed E-state index contributed by atoms with van der Waals surface area (Å²) in [7, 11) is 0. The molecule has 1 fully saturated rings. The number of ether oxygens (including phenoxy) is 1. The Balaban J connectivity index is 1.55. The summed E-state index contributed by atoms with van der Waals surface area (Å²) in [6.07, 6.45) is 5.92. The summed E-state index contributed by atoms with van der Waals surface area (Å²) in [6.45, 7) is 4.10. The zero-order valence-electron chi connectivity index (χ0n) is 13.7. The highest BCUT2D eigenvalue weighted by molar-refractivity contribution is 5.39. The van der Waals surface area contributed by atoms with Gasteiger partial charge in [-0.05, 0) is 37.8 Å². The molecule has 0 radical (unpaired) electrons. The van der Waals surface area contributed by atoms with Crippen LogP contribution in [-0.4, -0.2) is 32.7 Å². The lowest BCUT2D eigenvalue weighted by Gasteiger charge is -2.28. The molecule has 4 rings (SSSR count). The van der Waals surface area contributed by atoms with Crippen LogP contribution in [0.2, 0.25) is 0 Å². The second-order valence-corrected chi connectivity index (χ2v) is 6.17. The number of hydrogen-bond donors (Lipinski definition) is 1.